The van der Waals surface area contributed by atoms with E-state index in [0.717, 1.165) is 12.0 Å². The molecule has 92 valence electrons. The van der Waals surface area contributed by atoms with E-state index in [1.165, 1.54) is 57.8 Å². The maximum atomic E-state index is 6.01. The summed E-state index contributed by atoms with van der Waals surface area (Å²) < 4.78 is 0. The van der Waals surface area contributed by atoms with Crippen LogP contribution in [0.2, 0.25) is 0 Å². The number of nitrogens with two attached hydrogens (primary N) is 1. The highest BCUT2D eigenvalue weighted by atomic mass is 15.2. The molecule has 0 unspecified atom stereocenters. The van der Waals surface area contributed by atoms with Crippen molar-refractivity contribution in [2.75, 3.05) is 7.05 Å². The van der Waals surface area contributed by atoms with Crippen LogP contribution >= 0.6 is 0 Å². The average molecular weight is 222 g/mol. The minimum Gasteiger partial charge on any atom is -0.328 e. The zero-order chi connectivity index (χ0) is 11.2. The lowest BCUT2D eigenvalue weighted by Crippen LogP contribution is -2.50. The molecule has 3 aliphatic rings. The highest BCUT2D eigenvalue weighted by Gasteiger charge is 2.48. The van der Waals surface area contributed by atoms with Crippen LogP contribution in [0, 0.1) is 5.92 Å². The summed E-state index contributed by atoms with van der Waals surface area (Å²) in [6, 6.07) is 1.32. The summed E-state index contributed by atoms with van der Waals surface area (Å²) in [5.41, 5.74) is 6.61. The Kier molecular flexibility index (Phi) is 2.75. The van der Waals surface area contributed by atoms with Crippen molar-refractivity contribution in [1.82, 2.24) is 4.90 Å². The largest absolute Gasteiger partial charge is 0.328 e. The van der Waals surface area contributed by atoms with E-state index in [4.69, 9.17) is 5.73 Å². The van der Waals surface area contributed by atoms with Crippen LogP contribution in [0.4, 0.5) is 0 Å². The van der Waals surface area contributed by atoms with Crippen molar-refractivity contribution in [2.24, 2.45) is 11.7 Å². The predicted molar refractivity (Wildman–Crippen MR) is 67.3 cm³/mol. The van der Waals surface area contributed by atoms with Gasteiger partial charge in [-0.1, -0.05) is 0 Å². The summed E-state index contributed by atoms with van der Waals surface area (Å²) in [7, 11) is 2.40. The first-order valence-corrected chi connectivity index (χ1v) is 7.18. The van der Waals surface area contributed by atoms with Gasteiger partial charge in [0.2, 0.25) is 0 Å². The second kappa shape index (κ2) is 3.99. The van der Waals surface area contributed by atoms with Crippen LogP contribution in [-0.4, -0.2) is 29.6 Å². The molecule has 2 heteroatoms. The third-order valence-electron chi connectivity index (χ3n) is 5.74. The van der Waals surface area contributed by atoms with Gasteiger partial charge in [-0.25, -0.2) is 0 Å². The number of nitrogens with zero attached hydrogens (tertiary/aromatic N) is 1. The second-order valence-corrected chi connectivity index (χ2v) is 6.55. The quantitative estimate of drug-likeness (QED) is 0.778. The molecule has 16 heavy (non-hydrogen) atoms. The first kappa shape index (κ1) is 11.0. The maximum Gasteiger partial charge on any atom is 0.0212 e. The van der Waals surface area contributed by atoms with Gasteiger partial charge in [-0.05, 0) is 70.8 Å². The fourth-order valence-electron chi connectivity index (χ4n) is 4.53. The summed E-state index contributed by atoms with van der Waals surface area (Å²) >= 11 is 0. The van der Waals surface area contributed by atoms with E-state index >= 15 is 0 Å². The molecule has 0 heterocycles. The molecule has 2 nitrogen and oxygen atoms in total. The van der Waals surface area contributed by atoms with E-state index in [1.54, 1.807) is 0 Å². The van der Waals surface area contributed by atoms with Crippen LogP contribution in [-0.2, 0) is 0 Å². The second-order valence-electron chi connectivity index (χ2n) is 6.55. The molecule has 0 aromatic heterocycles. The number of rotatable bonds is 2. The molecule has 3 fully saturated rings. The van der Waals surface area contributed by atoms with E-state index in [2.05, 4.69) is 11.9 Å². The molecule has 3 saturated carbocycles. The molecular formula is C14H26N2. The van der Waals surface area contributed by atoms with Gasteiger partial charge in [0.25, 0.3) is 0 Å². The van der Waals surface area contributed by atoms with E-state index in [9.17, 15) is 0 Å². The average Bonchev–Trinajstić information content (AvgIpc) is 2.90. The van der Waals surface area contributed by atoms with Crippen molar-refractivity contribution < 1.29 is 0 Å². The van der Waals surface area contributed by atoms with E-state index in [0.29, 0.717) is 11.6 Å². The third kappa shape index (κ3) is 1.70. The fourth-order valence-corrected chi connectivity index (χ4v) is 4.53. The van der Waals surface area contributed by atoms with Gasteiger partial charge >= 0.3 is 0 Å². The van der Waals surface area contributed by atoms with Crippen molar-refractivity contribution in [3.8, 4) is 0 Å². The molecule has 0 aromatic rings. The summed E-state index contributed by atoms with van der Waals surface area (Å²) in [6.07, 6.45) is 12.6. The highest BCUT2D eigenvalue weighted by Crippen LogP contribution is 2.51. The van der Waals surface area contributed by atoms with Gasteiger partial charge in [-0.15, -0.1) is 0 Å². The van der Waals surface area contributed by atoms with Crippen molar-refractivity contribution >= 4 is 0 Å². The Bertz CT molecular complexity index is 247. The molecule has 2 bridgehead atoms. The number of fused-ring (bicyclic) bond motifs is 2. The van der Waals surface area contributed by atoms with Crippen LogP contribution in [0.5, 0.6) is 0 Å². The van der Waals surface area contributed by atoms with Gasteiger partial charge in [0.05, 0.1) is 0 Å². The summed E-state index contributed by atoms with van der Waals surface area (Å²) in [4.78, 5) is 2.77. The Balaban J connectivity index is 1.66. The van der Waals surface area contributed by atoms with Crippen molar-refractivity contribution in [2.45, 2.75) is 75.4 Å². The fraction of sp³-hybridized carbons (Fsp3) is 1.00. The first-order valence-electron chi connectivity index (χ1n) is 7.18. The molecule has 0 aliphatic heterocycles. The van der Waals surface area contributed by atoms with E-state index in [1.807, 2.05) is 0 Å². The number of hydrogen-bond acceptors (Lipinski definition) is 2. The minimum atomic E-state index is 0.488. The molecule has 3 aliphatic carbocycles. The van der Waals surface area contributed by atoms with Gasteiger partial charge in [0.1, 0.15) is 0 Å². The lowest BCUT2D eigenvalue weighted by molar-refractivity contribution is 0.0556. The smallest absolute Gasteiger partial charge is 0.0212 e. The van der Waals surface area contributed by atoms with Crippen LogP contribution in [0.15, 0.2) is 0 Å². The van der Waals surface area contributed by atoms with Gasteiger partial charge in [0.15, 0.2) is 0 Å². The molecule has 0 amide bonds. The molecule has 0 saturated heterocycles. The molecule has 0 aromatic carbocycles. The molecule has 2 N–H and O–H groups in total. The zero-order valence-corrected chi connectivity index (χ0v) is 10.6. The molecule has 0 atom stereocenters. The van der Waals surface area contributed by atoms with Crippen molar-refractivity contribution in [3.05, 3.63) is 0 Å². The van der Waals surface area contributed by atoms with Crippen molar-refractivity contribution in [3.63, 3.8) is 0 Å². The normalized spacial score (nSPS) is 47.8. The number of hydrogen-bond donors (Lipinski definition) is 1. The van der Waals surface area contributed by atoms with Gasteiger partial charge in [0, 0.05) is 17.6 Å². The van der Waals surface area contributed by atoms with E-state index in [-0.39, 0.29) is 0 Å². The predicted octanol–water partition coefficient (Wildman–Crippen LogP) is 2.52. The summed E-state index contributed by atoms with van der Waals surface area (Å²) in [6.45, 7) is 0. The SMILES string of the molecule is CN(C1CCC(N)CC1)C12CCC(CC1)C2. The monoisotopic (exact) mass is 222 g/mol. The van der Waals surface area contributed by atoms with Gasteiger partial charge in [-0.2, -0.15) is 0 Å². The standard InChI is InChI=1S/C14H26N2/c1-16(13-4-2-12(15)3-5-13)14-8-6-11(10-14)7-9-14/h11-13H,2-10,15H2,1H3. The molecule has 0 radical (unpaired) electrons. The molecule has 0 spiro atoms. The Hall–Kier alpha value is -0.0800. The lowest BCUT2D eigenvalue weighted by atomic mass is 9.85. The van der Waals surface area contributed by atoms with E-state index < -0.39 is 0 Å². The highest BCUT2D eigenvalue weighted by molar-refractivity contribution is 5.04. The van der Waals surface area contributed by atoms with Gasteiger partial charge in [-0.3, -0.25) is 4.90 Å². The van der Waals surface area contributed by atoms with Gasteiger partial charge < -0.3 is 5.73 Å². The zero-order valence-electron chi connectivity index (χ0n) is 10.6. The Morgan fingerprint density at radius 2 is 1.62 bits per heavy atom. The lowest BCUT2D eigenvalue weighted by Gasteiger charge is -2.44. The maximum absolute atomic E-state index is 6.01. The van der Waals surface area contributed by atoms with Crippen LogP contribution < -0.4 is 5.73 Å². The molecular weight excluding hydrogens is 196 g/mol. The third-order valence-corrected chi connectivity index (χ3v) is 5.74. The summed E-state index contributed by atoms with van der Waals surface area (Å²) in [5.74, 6) is 1.06. The van der Waals surface area contributed by atoms with Crippen LogP contribution in [0.25, 0.3) is 0 Å². The minimum absolute atomic E-state index is 0.488. The summed E-state index contributed by atoms with van der Waals surface area (Å²) in [5, 5.41) is 0. The Morgan fingerprint density at radius 3 is 2.12 bits per heavy atom. The first-order chi connectivity index (χ1) is 7.70. The Morgan fingerprint density at radius 1 is 1.00 bits per heavy atom. The van der Waals surface area contributed by atoms with Crippen LogP contribution in [0.1, 0.15) is 57.8 Å². The Labute approximate surface area is 99.6 Å². The molecule has 3 rings (SSSR count). The topological polar surface area (TPSA) is 29.3 Å². The van der Waals surface area contributed by atoms with Crippen molar-refractivity contribution in [1.29, 1.82) is 0 Å². The van der Waals surface area contributed by atoms with Crippen LogP contribution in [0.3, 0.4) is 0 Å².